The Morgan fingerprint density at radius 1 is 1.38 bits per heavy atom. The van der Waals surface area contributed by atoms with Crippen LogP contribution in [0, 0.1) is 12.8 Å². The van der Waals surface area contributed by atoms with Gasteiger partial charge in [-0.05, 0) is 37.3 Å². The highest BCUT2D eigenvalue weighted by atomic mass is 16.5. The molecule has 0 saturated carbocycles. The molecule has 4 heteroatoms. The molecule has 0 spiro atoms. The lowest BCUT2D eigenvalue weighted by Gasteiger charge is -2.13. The summed E-state index contributed by atoms with van der Waals surface area (Å²) >= 11 is 0. The minimum Gasteiger partial charge on any atom is -0.493 e. The maximum atomic E-state index is 11.5. The number of carbonyl (C=O) groups is 1. The number of hydrogen-bond donors (Lipinski definition) is 2. The Bertz CT molecular complexity index is 444. The van der Waals surface area contributed by atoms with Crippen molar-refractivity contribution < 1.29 is 9.53 Å². The molecule has 0 aliphatic rings. The second kappa shape index (κ2) is 9.40. The molecule has 0 saturated heterocycles. The SMILES string of the molecule is Cc1ccc(CNC(=O)CCN)c(OCCCC(C)C)c1. The van der Waals surface area contributed by atoms with Crippen LogP contribution in [-0.2, 0) is 11.3 Å². The minimum absolute atomic E-state index is 0.0242. The summed E-state index contributed by atoms with van der Waals surface area (Å²) in [6, 6.07) is 6.07. The zero-order valence-corrected chi connectivity index (χ0v) is 13.4. The van der Waals surface area contributed by atoms with Gasteiger partial charge in [-0.1, -0.05) is 26.0 Å². The predicted octanol–water partition coefficient (Wildman–Crippen LogP) is 2.78. The summed E-state index contributed by atoms with van der Waals surface area (Å²) in [4.78, 5) is 11.5. The zero-order valence-electron chi connectivity index (χ0n) is 13.4. The van der Waals surface area contributed by atoms with Crippen LogP contribution < -0.4 is 15.8 Å². The third-order valence-electron chi connectivity index (χ3n) is 3.25. The molecule has 0 aromatic heterocycles. The predicted molar refractivity (Wildman–Crippen MR) is 86.3 cm³/mol. The number of ether oxygens (including phenoxy) is 1. The van der Waals surface area contributed by atoms with Gasteiger partial charge >= 0.3 is 0 Å². The third-order valence-corrected chi connectivity index (χ3v) is 3.25. The van der Waals surface area contributed by atoms with Crippen LogP contribution in [0.4, 0.5) is 0 Å². The fourth-order valence-electron chi connectivity index (χ4n) is 2.03. The number of benzene rings is 1. The summed E-state index contributed by atoms with van der Waals surface area (Å²) < 4.78 is 5.88. The largest absolute Gasteiger partial charge is 0.493 e. The van der Waals surface area contributed by atoms with Crippen molar-refractivity contribution in [2.75, 3.05) is 13.2 Å². The van der Waals surface area contributed by atoms with Crippen LogP contribution in [0.15, 0.2) is 18.2 Å². The molecule has 0 unspecified atom stereocenters. The molecular formula is C17H28N2O2. The Hall–Kier alpha value is -1.55. The molecule has 21 heavy (non-hydrogen) atoms. The average Bonchev–Trinajstić information content (AvgIpc) is 2.42. The van der Waals surface area contributed by atoms with Gasteiger partial charge in [0.2, 0.25) is 5.91 Å². The van der Waals surface area contributed by atoms with Crippen LogP contribution >= 0.6 is 0 Å². The molecular weight excluding hydrogens is 264 g/mol. The molecule has 0 atom stereocenters. The van der Waals surface area contributed by atoms with E-state index in [1.165, 1.54) is 0 Å². The lowest BCUT2D eigenvalue weighted by molar-refractivity contribution is -0.121. The first-order valence-electron chi connectivity index (χ1n) is 7.72. The van der Waals surface area contributed by atoms with Gasteiger partial charge < -0.3 is 15.8 Å². The van der Waals surface area contributed by atoms with Crippen LogP contribution in [0.5, 0.6) is 5.75 Å². The van der Waals surface area contributed by atoms with Gasteiger partial charge in [0.1, 0.15) is 5.75 Å². The standard InChI is InChI=1S/C17H28N2O2/c1-13(2)5-4-10-21-16-11-14(3)6-7-15(16)12-19-17(20)8-9-18/h6-7,11,13H,4-5,8-10,12,18H2,1-3H3,(H,19,20). The number of nitrogens with one attached hydrogen (secondary N) is 1. The van der Waals surface area contributed by atoms with Gasteiger partial charge in [0.05, 0.1) is 6.61 Å². The molecule has 0 bridgehead atoms. The third kappa shape index (κ3) is 7.14. The van der Waals surface area contributed by atoms with Gasteiger partial charge in [0, 0.05) is 25.1 Å². The maximum absolute atomic E-state index is 11.5. The fourth-order valence-corrected chi connectivity index (χ4v) is 2.03. The molecule has 0 aliphatic carbocycles. The van der Waals surface area contributed by atoms with Crippen molar-refractivity contribution in [3.63, 3.8) is 0 Å². The fraction of sp³-hybridized carbons (Fsp3) is 0.588. The van der Waals surface area contributed by atoms with E-state index in [0.29, 0.717) is 32.0 Å². The lowest BCUT2D eigenvalue weighted by atomic mass is 10.1. The molecule has 1 aromatic carbocycles. The summed E-state index contributed by atoms with van der Waals surface area (Å²) in [6.45, 7) is 8.04. The van der Waals surface area contributed by atoms with Crippen LogP contribution in [0.3, 0.4) is 0 Å². The number of nitrogens with two attached hydrogens (primary N) is 1. The van der Waals surface area contributed by atoms with Gasteiger partial charge in [-0.25, -0.2) is 0 Å². The van der Waals surface area contributed by atoms with Crippen molar-refractivity contribution in [3.8, 4) is 5.75 Å². The number of aryl methyl sites for hydroxylation is 1. The molecule has 4 nitrogen and oxygen atoms in total. The average molecular weight is 292 g/mol. The van der Waals surface area contributed by atoms with E-state index in [1.807, 2.05) is 25.1 Å². The van der Waals surface area contributed by atoms with Gasteiger partial charge in [0.25, 0.3) is 0 Å². The first kappa shape index (κ1) is 17.5. The Labute approximate surface area is 128 Å². The minimum atomic E-state index is -0.0242. The van der Waals surface area contributed by atoms with Crippen molar-refractivity contribution in [1.82, 2.24) is 5.32 Å². The van der Waals surface area contributed by atoms with Crippen LogP contribution in [-0.4, -0.2) is 19.1 Å². The highest BCUT2D eigenvalue weighted by molar-refractivity contribution is 5.76. The highest BCUT2D eigenvalue weighted by Gasteiger charge is 2.07. The lowest BCUT2D eigenvalue weighted by Crippen LogP contribution is -2.25. The summed E-state index contributed by atoms with van der Waals surface area (Å²) in [5.41, 5.74) is 7.54. The van der Waals surface area contributed by atoms with Crippen molar-refractivity contribution >= 4 is 5.91 Å². The van der Waals surface area contributed by atoms with E-state index in [2.05, 4.69) is 19.2 Å². The van der Waals surface area contributed by atoms with Gasteiger partial charge in [0.15, 0.2) is 0 Å². The molecule has 0 heterocycles. The molecule has 0 radical (unpaired) electrons. The summed E-state index contributed by atoms with van der Waals surface area (Å²) in [6.07, 6.45) is 2.56. The van der Waals surface area contributed by atoms with Crippen molar-refractivity contribution in [1.29, 1.82) is 0 Å². The number of rotatable bonds is 9. The molecule has 1 aromatic rings. The van der Waals surface area contributed by atoms with Gasteiger partial charge in [-0.2, -0.15) is 0 Å². The first-order valence-corrected chi connectivity index (χ1v) is 7.72. The van der Waals surface area contributed by atoms with E-state index >= 15 is 0 Å². The van der Waals surface area contributed by atoms with Gasteiger partial charge in [-0.3, -0.25) is 4.79 Å². The quantitative estimate of drug-likeness (QED) is 0.688. The Balaban J connectivity index is 2.56. The smallest absolute Gasteiger partial charge is 0.221 e. The van der Waals surface area contributed by atoms with E-state index in [0.717, 1.165) is 29.7 Å². The number of amides is 1. The van der Waals surface area contributed by atoms with Crippen LogP contribution in [0.2, 0.25) is 0 Å². The van der Waals surface area contributed by atoms with E-state index in [4.69, 9.17) is 10.5 Å². The highest BCUT2D eigenvalue weighted by Crippen LogP contribution is 2.21. The Kier molecular flexibility index (Phi) is 7.83. The van der Waals surface area contributed by atoms with E-state index in [1.54, 1.807) is 0 Å². The molecule has 0 aliphatic heterocycles. The Morgan fingerprint density at radius 3 is 2.81 bits per heavy atom. The normalized spacial score (nSPS) is 10.7. The topological polar surface area (TPSA) is 64.4 Å². The second-order valence-corrected chi connectivity index (χ2v) is 5.81. The molecule has 1 rings (SSSR count). The summed E-state index contributed by atoms with van der Waals surface area (Å²) in [5.74, 6) is 1.54. The number of carbonyl (C=O) groups excluding carboxylic acids is 1. The first-order chi connectivity index (χ1) is 10.0. The molecule has 3 N–H and O–H groups in total. The van der Waals surface area contributed by atoms with Crippen molar-refractivity contribution in [3.05, 3.63) is 29.3 Å². The van der Waals surface area contributed by atoms with E-state index in [9.17, 15) is 4.79 Å². The monoisotopic (exact) mass is 292 g/mol. The van der Waals surface area contributed by atoms with Crippen LogP contribution in [0.1, 0.15) is 44.2 Å². The Morgan fingerprint density at radius 2 is 2.14 bits per heavy atom. The van der Waals surface area contributed by atoms with Crippen molar-refractivity contribution in [2.24, 2.45) is 11.7 Å². The molecule has 0 fully saturated rings. The van der Waals surface area contributed by atoms with E-state index in [-0.39, 0.29) is 5.91 Å². The van der Waals surface area contributed by atoms with E-state index < -0.39 is 0 Å². The zero-order chi connectivity index (χ0) is 15.7. The molecule has 118 valence electrons. The van der Waals surface area contributed by atoms with Crippen molar-refractivity contribution in [2.45, 2.75) is 46.6 Å². The maximum Gasteiger partial charge on any atom is 0.221 e. The van der Waals surface area contributed by atoms with Gasteiger partial charge in [-0.15, -0.1) is 0 Å². The molecule has 1 amide bonds. The van der Waals surface area contributed by atoms with Crippen LogP contribution in [0.25, 0.3) is 0 Å². The second-order valence-electron chi connectivity index (χ2n) is 5.81. The summed E-state index contributed by atoms with van der Waals surface area (Å²) in [7, 11) is 0. The number of hydrogen-bond acceptors (Lipinski definition) is 3. The summed E-state index contributed by atoms with van der Waals surface area (Å²) in [5, 5.41) is 2.87.